The lowest BCUT2D eigenvalue weighted by atomic mass is 10.00. The highest BCUT2D eigenvalue weighted by Crippen LogP contribution is 2.51. The molecule has 0 aromatic carbocycles. The summed E-state index contributed by atoms with van der Waals surface area (Å²) in [4.78, 5) is 11.2. The van der Waals surface area contributed by atoms with Crippen LogP contribution >= 0.6 is 0 Å². The Morgan fingerprint density at radius 2 is 2.10 bits per heavy atom. The Labute approximate surface area is 113 Å². The number of aromatic nitrogens is 3. The predicted molar refractivity (Wildman–Crippen MR) is 67.1 cm³/mol. The number of rotatable bonds is 2. The molecular weight excluding hydrogens is 264 g/mol. The quantitative estimate of drug-likeness (QED) is 0.450. The van der Waals surface area contributed by atoms with Crippen LogP contribution < -0.4 is 10.1 Å². The van der Waals surface area contributed by atoms with Gasteiger partial charge in [-0.1, -0.05) is 0 Å². The maximum atomic E-state index is 10.2. The van der Waals surface area contributed by atoms with Gasteiger partial charge in [0, 0.05) is 11.8 Å². The van der Waals surface area contributed by atoms with Gasteiger partial charge in [0.05, 0.1) is 19.2 Å². The summed E-state index contributed by atoms with van der Waals surface area (Å²) in [6.45, 7) is 0. The fourth-order valence-corrected chi connectivity index (χ4v) is 3.10. The summed E-state index contributed by atoms with van der Waals surface area (Å²) in [5.41, 5.74) is 0.492. The lowest BCUT2D eigenvalue weighted by Crippen LogP contribution is -2.36. The molecule has 0 radical (unpaired) electrons. The van der Waals surface area contributed by atoms with Crippen molar-refractivity contribution in [3.63, 3.8) is 0 Å². The van der Waals surface area contributed by atoms with Crippen molar-refractivity contribution in [1.29, 1.82) is 0 Å². The fraction of sp³-hybridized carbons (Fsp3) is 0.500. The van der Waals surface area contributed by atoms with Crippen molar-refractivity contribution < 1.29 is 20.1 Å². The molecule has 8 heteroatoms. The molecule has 5 N–H and O–H groups in total. The van der Waals surface area contributed by atoms with Crippen LogP contribution in [0.5, 0.6) is 5.88 Å². The molecule has 5 atom stereocenters. The van der Waals surface area contributed by atoms with Crippen molar-refractivity contribution in [2.75, 3.05) is 7.11 Å². The summed E-state index contributed by atoms with van der Waals surface area (Å²) in [5.74, 6) is 0.414. The van der Waals surface area contributed by atoms with Gasteiger partial charge in [0.2, 0.25) is 5.88 Å². The number of aliphatic hydroxyl groups excluding tert-OH is 2. The summed E-state index contributed by atoms with van der Waals surface area (Å²) in [6.07, 6.45) is 1.05. The zero-order valence-corrected chi connectivity index (χ0v) is 10.6. The number of ether oxygens (including phenoxy) is 1. The third kappa shape index (κ3) is 1.24. The summed E-state index contributed by atoms with van der Waals surface area (Å²) in [5, 5.41) is 32.9. The third-order valence-corrected chi connectivity index (χ3v) is 4.31. The number of piperidine rings is 1. The first-order chi connectivity index (χ1) is 9.59. The average Bonchev–Trinajstić information content (AvgIpc) is 2.82. The molecule has 2 aromatic heterocycles. The lowest BCUT2D eigenvalue weighted by Gasteiger charge is -2.21. The van der Waals surface area contributed by atoms with Gasteiger partial charge in [-0.05, 0) is 0 Å². The van der Waals surface area contributed by atoms with Gasteiger partial charge < -0.3 is 25.0 Å². The fourth-order valence-electron chi connectivity index (χ4n) is 3.10. The van der Waals surface area contributed by atoms with Gasteiger partial charge in [0.25, 0.3) is 0 Å². The normalized spacial score (nSPS) is 39.0. The highest BCUT2D eigenvalue weighted by molar-refractivity contribution is 5.83. The van der Waals surface area contributed by atoms with Gasteiger partial charge in [-0.3, -0.25) is 5.32 Å². The van der Waals surface area contributed by atoms with Gasteiger partial charge in [-0.2, -0.15) is 4.98 Å². The van der Waals surface area contributed by atoms with E-state index >= 15 is 0 Å². The van der Waals surface area contributed by atoms with Crippen molar-refractivity contribution in [2.24, 2.45) is 0 Å². The number of nitrogens with one attached hydrogen (secondary N) is 2. The van der Waals surface area contributed by atoms with Crippen LogP contribution in [0.2, 0.25) is 0 Å². The van der Waals surface area contributed by atoms with Crippen LogP contribution in [0.1, 0.15) is 11.6 Å². The average molecular weight is 278 g/mol. The summed E-state index contributed by atoms with van der Waals surface area (Å²) in [7, 11) is 1.51. The molecule has 2 aromatic rings. The molecule has 4 rings (SSSR count). The Morgan fingerprint density at radius 3 is 2.75 bits per heavy atom. The number of hydrogen-bond acceptors (Lipinski definition) is 7. The minimum atomic E-state index is -1.47. The monoisotopic (exact) mass is 278 g/mol. The van der Waals surface area contributed by atoms with Crippen molar-refractivity contribution in [3.8, 4) is 5.88 Å². The first-order valence-corrected chi connectivity index (χ1v) is 6.29. The van der Waals surface area contributed by atoms with E-state index in [4.69, 9.17) is 4.74 Å². The highest BCUT2D eigenvalue weighted by Gasteiger charge is 2.74. The van der Waals surface area contributed by atoms with E-state index in [2.05, 4.69) is 20.3 Å². The molecule has 3 heterocycles. The number of aliphatic hydroxyl groups is 3. The number of nitrogens with zero attached hydrogens (tertiary/aromatic N) is 2. The molecule has 1 aliphatic carbocycles. The summed E-state index contributed by atoms with van der Waals surface area (Å²) >= 11 is 0. The zero-order valence-electron chi connectivity index (χ0n) is 10.6. The molecular formula is C12H14N4O4. The zero-order chi connectivity index (χ0) is 14.1. The molecule has 2 aliphatic rings. The molecule has 1 saturated carbocycles. The van der Waals surface area contributed by atoms with Crippen molar-refractivity contribution in [1.82, 2.24) is 20.3 Å². The van der Waals surface area contributed by atoms with Crippen molar-refractivity contribution in [3.05, 3.63) is 18.1 Å². The Bertz CT molecular complexity index is 689. The minimum Gasteiger partial charge on any atom is -0.479 e. The summed E-state index contributed by atoms with van der Waals surface area (Å²) < 4.78 is 5.14. The van der Waals surface area contributed by atoms with Crippen LogP contribution in [-0.4, -0.2) is 61.2 Å². The second kappa shape index (κ2) is 3.67. The molecule has 106 valence electrons. The van der Waals surface area contributed by atoms with Gasteiger partial charge in [-0.15, -0.1) is 0 Å². The largest absolute Gasteiger partial charge is 0.479 e. The van der Waals surface area contributed by atoms with Gasteiger partial charge in [0.1, 0.15) is 35.2 Å². The van der Waals surface area contributed by atoms with Gasteiger partial charge in [0.15, 0.2) is 0 Å². The lowest BCUT2D eigenvalue weighted by molar-refractivity contribution is -0.0305. The van der Waals surface area contributed by atoms with Crippen LogP contribution in [0.4, 0.5) is 0 Å². The molecule has 0 spiro atoms. The van der Waals surface area contributed by atoms with Gasteiger partial charge in [-0.25, -0.2) is 4.98 Å². The first-order valence-electron chi connectivity index (χ1n) is 6.29. The molecule has 0 bridgehead atoms. The Balaban J connectivity index is 1.78. The van der Waals surface area contributed by atoms with Crippen LogP contribution in [0.25, 0.3) is 11.0 Å². The maximum absolute atomic E-state index is 10.2. The van der Waals surface area contributed by atoms with E-state index < -0.39 is 29.9 Å². The maximum Gasteiger partial charge on any atom is 0.241 e. The van der Waals surface area contributed by atoms with Crippen LogP contribution in [0, 0.1) is 0 Å². The second-order valence-electron chi connectivity index (χ2n) is 5.25. The van der Waals surface area contributed by atoms with E-state index in [1.54, 1.807) is 6.20 Å². The molecule has 1 saturated heterocycles. The molecule has 0 amide bonds. The van der Waals surface area contributed by atoms with E-state index in [-0.39, 0.29) is 0 Å². The standard InChI is InChI=1S/C12H14N4O4/c1-20-11-7-5(14-3-15-11)4(2-13-7)6-9(17)12(19)8(16-6)10(12)18/h2-3,6,8-10,13,16-19H,1H3/t6-,8+,9-,10?,12+/m0/s1. The van der Waals surface area contributed by atoms with E-state index in [1.165, 1.54) is 13.4 Å². The highest BCUT2D eigenvalue weighted by atomic mass is 16.5. The Hall–Kier alpha value is -1.74. The number of hydrogen-bond donors (Lipinski definition) is 5. The van der Waals surface area contributed by atoms with E-state index in [0.717, 1.165) is 0 Å². The SMILES string of the molecule is COc1ncnc2c([C@@H]3N[C@@H]4C(O)[C@]4(O)[C@H]3O)c[nH]c12. The number of H-pyrrole nitrogens is 1. The second-order valence-corrected chi connectivity index (χ2v) is 5.25. The number of methoxy groups -OCH3 is 1. The van der Waals surface area contributed by atoms with Crippen LogP contribution in [0.3, 0.4) is 0 Å². The molecule has 20 heavy (non-hydrogen) atoms. The number of aromatic amines is 1. The van der Waals surface area contributed by atoms with E-state index in [9.17, 15) is 15.3 Å². The van der Waals surface area contributed by atoms with E-state index in [0.29, 0.717) is 22.5 Å². The molecule has 2 fully saturated rings. The van der Waals surface area contributed by atoms with Crippen molar-refractivity contribution >= 4 is 11.0 Å². The van der Waals surface area contributed by atoms with E-state index in [1.807, 2.05) is 0 Å². The van der Waals surface area contributed by atoms with Crippen LogP contribution in [-0.2, 0) is 0 Å². The molecule has 1 aliphatic heterocycles. The first kappa shape index (κ1) is 12.0. The van der Waals surface area contributed by atoms with Crippen molar-refractivity contribution in [2.45, 2.75) is 29.9 Å². The molecule has 8 nitrogen and oxygen atoms in total. The summed E-state index contributed by atoms with van der Waals surface area (Å²) in [6, 6.07) is -1.00. The topological polar surface area (TPSA) is 124 Å². The molecule has 1 unspecified atom stereocenters. The number of fused-ring (bicyclic) bond motifs is 2. The smallest absolute Gasteiger partial charge is 0.241 e. The third-order valence-electron chi connectivity index (χ3n) is 4.31. The minimum absolute atomic E-state index is 0.414. The van der Waals surface area contributed by atoms with Crippen LogP contribution in [0.15, 0.2) is 12.5 Å². The van der Waals surface area contributed by atoms with Gasteiger partial charge >= 0.3 is 0 Å². The Kier molecular flexibility index (Phi) is 2.21. The Morgan fingerprint density at radius 1 is 1.30 bits per heavy atom. The predicted octanol–water partition coefficient (Wildman–Crippen LogP) is -1.55.